The molecule has 0 aliphatic carbocycles. The molecular weight excluding hydrogens is 406 g/mol. The van der Waals surface area contributed by atoms with Crippen LogP contribution >= 0.6 is 0 Å². The van der Waals surface area contributed by atoms with Crippen molar-refractivity contribution in [2.45, 2.75) is 0 Å². The standard InChI is InChI=1S/C14H4F10O3/c15-3-5(17)9(21)13(10(22)6(3)18)26-1-25-2-27-14-11(23)7(19)4(16)8(20)12(14)24/h1-2H2. The normalized spacial score (nSPS) is 11.0. The highest BCUT2D eigenvalue weighted by Crippen LogP contribution is 2.30. The Balaban J connectivity index is 2.02. The molecule has 0 aliphatic rings. The van der Waals surface area contributed by atoms with Crippen LogP contribution in [0.1, 0.15) is 0 Å². The lowest BCUT2D eigenvalue weighted by Crippen LogP contribution is -2.14. The summed E-state index contributed by atoms with van der Waals surface area (Å²) < 4.78 is 143. The second-order valence-corrected chi connectivity index (χ2v) is 4.53. The van der Waals surface area contributed by atoms with Gasteiger partial charge in [0.1, 0.15) is 0 Å². The van der Waals surface area contributed by atoms with Gasteiger partial charge in [0.05, 0.1) is 0 Å². The molecular formula is C14H4F10O3. The lowest BCUT2D eigenvalue weighted by Gasteiger charge is -2.12. The molecule has 0 saturated carbocycles. The fourth-order valence-electron chi connectivity index (χ4n) is 1.66. The van der Waals surface area contributed by atoms with E-state index >= 15 is 0 Å². The minimum absolute atomic E-state index is 1.27. The van der Waals surface area contributed by atoms with Crippen LogP contribution in [0.5, 0.6) is 11.5 Å². The summed E-state index contributed by atoms with van der Waals surface area (Å²) in [5, 5.41) is 0. The van der Waals surface area contributed by atoms with E-state index in [0.29, 0.717) is 0 Å². The molecule has 27 heavy (non-hydrogen) atoms. The molecule has 0 unspecified atom stereocenters. The van der Waals surface area contributed by atoms with Crippen molar-refractivity contribution >= 4 is 0 Å². The molecule has 0 fully saturated rings. The van der Waals surface area contributed by atoms with Crippen molar-refractivity contribution in [1.29, 1.82) is 0 Å². The van der Waals surface area contributed by atoms with Gasteiger partial charge in [-0.2, -0.15) is 17.6 Å². The second kappa shape index (κ2) is 7.90. The molecule has 0 bridgehead atoms. The number of rotatable bonds is 6. The third kappa shape index (κ3) is 3.72. The summed E-state index contributed by atoms with van der Waals surface area (Å²) in [7, 11) is 0. The number of halogens is 10. The summed E-state index contributed by atoms with van der Waals surface area (Å²) >= 11 is 0. The Bertz CT molecular complexity index is 757. The molecule has 0 amide bonds. The monoisotopic (exact) mass is 410 g/mol. The highest BCUT2D eigenvalue weighted by atomic mass is 19.2. The van der Waals surface area contributed by atoms with E-state index in [0.717, 1.165) is 0 Å². The van der Waals surface area contributed by atoms with Gasteiger partial charge in [0, 0.05) is 0 Å². The van der Waals surface area contributed by atoms with Crippen LogP contribution in [0.25, 0.3) is 0 Å². The molecule has 0 radical (unpaired) electrons. The largest absolute Gasteiger partial charge is 0.461 e. The molecule has 0 spiro atoms. The first-order valence-electron chi connectivity index (χ1n) is 6.45. The summed E-state index contributed by atoms with van der Waals surface area (Å²) in [6.45, 7) is -2.54. The van der Waals surface area contributed by atoms with Crippen LogP contribution in [0, 0.1) is 58.2 Å². The highest BCUT2D eigenvalue weighted by molar-refractivity contribution is 5.30. The van der Waals surface area contributed by atoms with Crippen molar-refractivity contribution in [3.63, 3.8) is 0 Å². The predicted octanol–water partition coefficient (Wildman–Crippen LogP) is 4.47. The molecule has 2 aromatic carbocycles. The molecule has 0 saturated heterocycles. The van der Waals surface area contributed by atoms with Gasteiger partial charge in [0.25, 0.3) is 0 Å². The van der Waals surface area contributed by atoms with Gasteiger partial charge in [-0.05, 0) is 0 Å². The molecule has 0 aromatic heterocycles. The number of hydrogen-bond acceptors (Lipinski definition) is 3. The molecule has 148 valence electrons. The summed E-state index contributed by atoms with van der Waals surface area (Å²) in [5.41, 5.74) is 0. The van der Waals surface area contributed by atoms with Gasteiger partial charge in [0.2, 0.25) is 58.2 Å². The van der Waals surface area contributed by atoms with Crippen molar-refractivity contribution in [2.24, 2.45) is 0 Å². The zero-order valence-corrected chi connectivity index (χ0v) is 12.4. The third-order valence-electron chi connectivity index (χ3n) is 2.91. The van der Waals surface area contributed by atoms with Crippen LogP contribution in [-0.2, 0) is 4.74 Å². The fourth-order valence-corrected chi connectivity index (χ4v) is 1.66. The van der Waals surface area contributed by atoms with E-state index < -0.39 is 83.3 Å². The van der Waals surface area contributed by atoms with Crippen molar-refractivity contribution in [1.82, 2.24) is 0 Å². The van der Waals surface area contributed by atoms with Crippen molar-refractivity contribution in [3.8, 4) is 11.5 Å². The predicted molar refractivity (Wildman–Crippen MR) is 64.5 cm³/mol. The van der Waals surface area contributed by atoms with E-state index in [-0.39, 0.29) is 0 Å². The van der Waals surface area contributed by atoms with Gasteiger partial charge in [-0.3, -0.25) is 0 Å². The van der Waals surface area contributed by atoms with Crippen LogP contribution in [0.4, 0.5) is 43.9 Å². The number of hydrogen-bond donors (Lipinski definition) is 0. The summed E-state index contributed by atoms with van der Waals surface area (Å²) in [6, 6.07) is 0. The van der Waals surface area contributed by atoms with Gasteiger partial charge in [-0.1, -0.05) is 0 Å². The summed E-state index contributed by atoms with van der Waals surface area (Å²) in [6.07, 6.45) is 0. The Hall–Kier alpha value is -2.70. The molecule has 13 heteroatoms. The lowest BCUT2D eigenvalue weighted by atomic mass is 10.3. The van der Waals surface area contributed by atoms with E-state index in [2.05, 4.69) is 14.2 Å². The fraction of sp³-hybridized carbons (Fsp3) is 0.143. The highest BCUT2D eigenvalue weighted by Gasteiger charge is 2.28. The topological polar surface area (TPSA) is 27.7 Å². The maximum absolute atomic E-state index is 13.3. The third-order valence-corrected chi connectivity index (χ3v) is 2.91. The zero-order chi connectivity index (χ0) is 20.5. The Morgan fingerprint density at radius 1 is 0.370 bits per heavy atom. The quantitative estimate of drug-likeness (QED) is 0.231. The number of benzene rings is 2. The Kier molecular flexibility index (Phi) is 6.03. The Labute approximate surface area is 142 Å². The smallest absolute Gasteiger partial charge is 0.207 e. The van der Waals surface area contributed by atoms with Crippen LogP contribution in [0.3, 0.4) is 0 Å². The molecule has 0 atom stereocenters. The molecule has 0 aliphatic heterocycles. The minimum atomic E-state index is -2.44. The maximum atomic E-state index is 13.3. The molecule has 3 nitrogen and oxygen atoms in total. The van der Waals surface area contributed by atoms with Gasteiger partial charge in [0.15, 0.2) is 25.1 Å². The number of ether oxygens (including phenoxy) is 3. The Morgan fingerprint density at radius 2 is 0.593 bits per heavy atom. The van der Waals surface area contributed by atoms with E-state index in [4.69, 9.17) is 0 Å². The van der Waals surface area contributed by atoms with Gasteiger partial charge < -0.3 is 14.2 Å². The first-order chi connectivity index (χ1) is 12.6. The van der Waals surface area contributed by atoms with E-state index in [1.807, 2.05) is 0 Å². The minimum Gasteiger partial charge on any atom is -0.461 e. The molecule has 0 heterocycles. The van der Waals surface area contributed by atoms with Gasteiger partial charge in [-0.15, -0.1) is 0 Å². The van der Waals surface area contributed by atoms with E-state index in [1.165, 1.54) is 0 Å². The van der Waals surface area contributed by atoms with Crippen LogP contribution in [0.2, 0.25) is 0 Å². The molecule has 2 aromatic rings. The van der Waals surface area contributed by atoms with E-state index in [1.54, 1.807) is 0 Å². The second-order valence-electron chi connectivity index (χ2n) is 4.53. The first kappa shape index (κ1) is 20.6. The summed E-state index contributed by atoms with van der Waals surface area (Å²) in [4.78, 5) is 0. The van der Waals surface area contributed by atoms with Crippen LogP contribution in [-0.4, -0.2) is 13.6 Å². The maximum Gasteiger partial charge on any atom is 0.207 e. The van der Waals surface area contributed by atoms with Crippen molar-refractivity contribution in [2.75, 3.05) is 13.6 Å². The van der Waals surface area contributed by atoms with Crippen molar-refractivity contribution in [3.05, 3.63) is 58.2 Å². The summed E-state index contributed by atoms with van der Waals surface area (Å²) in [5.74, 6) is -26.8. The molecule has 0 N–H and O–H groups in total. The van der Waals surface area contributed by atoms with Crippen LogP contribution < -0.4 is 9.47 Å². The molecule has 2 rings (SSSR count). The first-order valence-corrected chi connectivity index (χ1v) is 6.45. The van der Waals surface area contributed by atoms with Crippen molar-refractivity contribution < 1.29 is 58.1 Å². The average molecular weight is 410 g/mol. The SMILES string of the molecule is Fc1c(F)c(F)c(OCOCOc2c(F)c(F)c(F)c(F)c2F)c(F)c1F. The Morgan fingerprint density at radius 3 is 0.852 bits per heavy atom. The lowest BCUT2D eigenvalue weighted by molar-refractivity contribution is -0.0592. The van der Waals surface area contributed by atoms with Gasteiger partial charge >= 0.3 is 0 Å². The van der Waals surface area contributed by atoms with E-state index in [9.17, 15) is 43.9 Å². The average Bonchev–Trinajstić information content (AvgIpc) is 2.66. The zero-order valence-electron chi connectivity index (χ0n) is 12.4. The van der Waals surface area contributed by atoms with Gasteiger partial charge in [-0.25, -0.2) is 26.3 Å². The van der Waals surface area contributed by atoms with Crippen LogP contribution in [0.15, 0.2) is 0 Å².